The van der Waals surface area contributed by atoms with Gasteiger partial charge < -0.3 is 0 Å². The lowest BCUT2D eigenvalue weighted by Crippen LogP contribution is -2.33. The van der Waals surface area contributed by atoms with Crippen LogP contribution in [0, 0.1) is 0 Å². The molecule has 0 aliphatic rings. The predicted molar refractivity (Wildman–Crippen MR) is 215 cm³/mol. The number of aryl methyl sites for hydroxylation is 2. The highest BCUT2D eigenvalue weighted by Crippen LogP contribution is 2.49. The molecule has 0 amide bonds. The first kappa shape index (κ1) is 41.6. The molecule has 0 aliphatic carbocycles. The van der Waals surface area contributed by atoms with Gasteiger partial charge in [-0.1, -0.05) is 178 Å². The minimum absolute atomic E-state index is 0.0483. The predicted octanol–water partition coefficient (Wildman–Crippen LogP) is 14.2. The van der Waals surface area contributed by atoms with E-state index in [0.29, 0.717) is 0 Å². The van der Waals surface area contributed by atoms with Crippen molar-refractivity contribution < 1.29 is 0 Å². The molecule has 2 rings (SSSR count). The van der Waals surface area contributed by atoms with Gasteiger partial charge in [0.15, 0.2) is 0 Å². The fourth-order valence-corrected chi connectivity index (χ4v) is 8.30. The second-order valence-corrected chi connectivity index (χ2v) is 23.3. The molecule has 0 aliphatic heterocycles. The third kappa shape index (κ3) is 9.37. The van der Waals surface area contributed by atoms with Crippen molar-refractivity contribution in [3.8, 4) is 0 Å². The van der Waals surface area contributed by atoms with Crippen LogP contribution in [0.25, 0.3) is 0 Å². The Labute approximate surface area is 295 Å². The zero-order chi connectivity index (χ0) is 37.3. The van der Waals surface area contributed by atoms with Gasteiger partial charge in [0.05, 0.1) is 0 Å². The summed E-state index contributed by atoms with van der Waals surface area (Å²) in [5.41, 5.74) is 16.2. The number of hydrogen-bond acceptors (Lipinski definition) is 0. The Kier molecular flexibility index (Phi) is 11.2. The highest BCUT2D eigenvalue weighted by Gasteiger charge is 2.39. The van der Waals surface area contributed by atoms with Crippen molar-refractivity contribution in [1.82, 2.24) is 0 Å². The standard InChI is InChI=1S/C47H80/c1-40(2,3)32-28-30(34(42(7,8)9)38(46(19,20)21)36(32)44(13,14)15)26-25-27-31-29-33(41(4,5)6)37(45(16,17)18)39(47(22,23)24)35(31)43(10,11)12/h28-29H,25-27H2,1-24H3. The molecular formula is C47H80. The Bertz CT molecular complexity index is 1300. The Hall–Kier alpha value is -1.56. The molecule has 0 heterocycles. The van der Waals surface area contributed by atoms with E-state index in [9.17, 15) is 0 Å². The van der Waals surface area contributed by atoms with Crippen LogP contribution >= 0.6 is 0 Å². The molecule has 0 nitrogen and oxygen atoms in total. The lowest BCUT2D eigenvalue weighted by Gasteiger charge is -2.42. The van der Waals surface area contributed by atoms with Crippen LogP contribution in [-0.4, -0.2) is 0 Å². The average Bonchev–Trinajstić information content (AvgIpc) is 2.77. The van der Waals surface area contributed by atoms with E-state index in [1.807, 2.05) is 0 Å². The maximum absolute atomic E-state index is 2.64. The van der Waals surface area contributed by atoms with E-state index in [1.165, 1.54) is 11.1 Å². The van der Waals surface area contributed by atoms with Crippen LogP contribution < -0.4 is 0 Å². The molecule has 0 saturated carbocycles. The fraction of sp³-hybridized carbons (Fsp3) is 0.745. The van der Waals surface area contributed by atoms with Crippen molar-refractivity contribution in [3.05, 3.63) is 67.8 Å². The van der Waals surface area contributed by atoms with Crippen molar-refractivity contribution in [2.45, 2.75) is 229 Å². The van der Waals surface area contributed by atoms with Crippen LogP contribution in [0.15, 0.2) is 12.1 Å². The molecule has 0 heteroatoms. The summed E-state index contributed by atoms with van der Waals surface area (Å²) < 4.78 is 0. The topological polar surface area (TPSA) is 0 Å². The first-order valence-electron chi connectivity index (χ1n) is 18.9. The molecule has 268 valence electrons. The maximum atomic E-state index is 2.64. The van der Waals surface area contributed by atoms with Crippen molar-refractivity contribution in [2.75, 3.05) is 0 Å². The Balaban J connectivity index is 3.01. The zero-order valence-electron chi connectivity index (χ0n) is 36.3. The summed E-state index contributed by atoms with van der Waals surface area (Å²) in [5.74, 6) is 0. The van der Waals surface area contributed by atoms with Crippen molar-refractivity contribution in [2.24, 2.45) is 0 Å². The van der Waals surface area contributed by atoms with Crippen LogP contribution in [0.2, 0.25) is 0 Å². The van der Waals surface area contributed by atoms with Gasteiger partial charge in [0.25, 0.3) is 0 Å². The highest BCUT2D eigenvalue weighted by molar-refractivity contribution is 5.58. The monoisotopic (exact) mass is 645 g/mol. The summed E-state index contributed by atoms with van der Waals surface area (Å²) in [4.78, 5) is 0. The van der Waals surface area contributed by atoms with Crippen LogP contribution in [0.3, 0.4) is 0 Å². The van der Waals surface area contributed by atoms with Gasteiger partial charge in [-0.2, -0.15) is 0 Å². The summed E-state index contributed by atoms with van der Waals surface area (Å²) in [5, 5.41) is 0. The van der Waals surface area contributed by atoms with Gasteiger partial charge in [0.1, 0.15) is 0 Å². The normalized spacial score (nSPS) is 14.6. The molecule has 0 fully saturated rings. The van der Waals surface area contributed by atoms with E-state index in [2.05, 4.69) is 178 Å². The molecule has 0 aromatic heterocycles. The van der Waals surface area contributed by atoms with Gasteiger partial charge >= 0.3 is 0 Å². The third-order valence-corrected chi connectivity index (χ3v) is 9.83. The van der Waals surface area contributed by atoms with Gasteiger partial charge in [-0.05, 0) is 118 Å². The average molecular weight is 645 g/mol. The molecule has 0 spiro atoms. The first-order valence-corrected chi connectivity index (χ1v) is 18.9. The quantitative estimate of drug-likeness (QED) is 0.311. The summed E-state index contributed by atoms with van der Waals surface area (Å²) in [7, 11) is 0. The van der Waals surface area contributed by atoms with Crippen molar-refractivity contribution in [1.29, 1.82) is 0 Å². The van der Waals surface area contributed by atoms with Gasteiger partial charge in [-0.15, -0.1) is 0 Å². The minimum atomic E-state index is 0.0483. The van der Waals surface area contributed by atoms with Gasteiger partial charge in [-0.3, -0.25) is 0 Å². The molecule has 0 atom stereocenters. The van der Waals surface area contributed by atoms with Crippen LogP contribution in [0.4, 0.5) is 0 Å². The van der Waals surface area contributed by atoms with E-state index in [4.69, 9.17) is 0 Å². The van der Waals surface area contributed by atoms with E-state index < -0.39 is 0 Å². The van der Waals surface area contributed by atoms with E-state index >= 15 is 0 Å². The van der Waals surface area contributed by atoms with Gasteiger partial charge in [-0.25, -0.2) is 0 Å². The Morgan fingerprint density at radius 2 is 0.489 bits per heavy atom. The number of benzene rings is 2. The van der Waals surface area contributed by atoms with Crippen LogP contribution in [0.5, 0.6) is 0 Å². The van der Waals surface area contributed by atoms with Crippen molar-refractivity contribution >= 4 is 0 Å². The number of hydrogen-bond donors (Lipinski definition) is 0. The second-order valence-electron chi connectivity index (χ2n) is 23.3. The van der Waals surface area contributed by atoms with Gasteiger partial charge in [0.2, 0.25) is 0 Å². The van der Waals surface area contributed by atoms with E-state index in [0.717, 1.165) is 19.3 Å². The molecule has 0 saturated heterocycles. The van der Waals surface area contributed by atoms with Crippen molar-refractivity contribution in [3.63, 3.8) is 0 Å². The maximum Gasteiger partial charge on any atom is -0.0126 e. The Morgan fingerprint density at radius 1 is 0.277 bits per heavy atom. The fourth-order valence-electron chi connectivity index (χ4n) is 8.30. The largest absolute Gasteiger partial charge is 0.0561 e. The highest BCUT2D eigenvalue weighted by atomic mass is 14.4. The lowest BCUT2D eigenvalue weighted by atomic mass is 9.62. The van der Waals surface area contributed by atoms with E-state index in [-0.39, 0.29) is 43.3 Å². The summed E-state index contributed by atoms with van der Waals surface area (Å²) in [6.07, 6.45) is 3.35. The van der Waals surface area contributed by atoms with E-state index in [1.54, 1.807) is 44.5 Å². The smallest absolute Gasteiger partial charge is 0.0126 e. The first-order chi connectivity index (χ1) is 20.4. The zero-order valence-corrected chi connectivity index (χ0v) is 36.3. The summed E-state index contributed by atoms with van der Waals surface area (Å²) >= 11 is 0. The Morgan fingerprint density at radius 3 is 0.660 bits per heavy atom. The second kappa shape index (κ2) is 12.6. The molecule has 0 bridgehead atoms. The molecule has 2 aromatic carbocycles. The molecule has 0 N–H and O–H groups in total. The minimum Gasteiger partial charge on any atom is -0.0561 e. The molecule has 47 heavy (non-hydrogen) atoms. The van der Waals surface area contributed by atoms with Crippen LogP contribution in [0.1, 0.15) is 228 Å². The molecule has 2 aromatic rings. The SMILES string of the molecule is CC(C)(C)c1cc(CCCc2cc(C(C)(C)C)c(C(C)(C)C)c(C(C)(C)C)c2C(C)(C)C)c(C(C)(C)C)c(C(C)(C)C)c1C(C)(C)C. The van der Waals surface area contributed by atoms with Crippen LogP contribution in [-0.2, 0) is 56.2 Å². The molecule has 0 unspecified atom stereocenters. The number of rotatable bonds is 4. The summed E-state index contributed by atoms with van der Waals surface area (Å²) in [6, 6.07) is 5.29. The summed E-state index contributed by atoms with van der Waals surface area (Å²) in [6.45, 7) is 58.3. The molecular weight excluding hydrogens is 565 g/mol. The lowest BCUT2D eigenvalue weighted by molar-refractivity contribution is 0.470. The van der Waals surface area contributed by atoms with Gasteiger partial charge in [0, 0.05) is 0 Å². The third-order valence-electron chi connectivity index (χ3n) is 9.83. The molecule has 0 radical (unpaired) electrons.